The Labute approximate surface area is 76.9 Å². The molecule has 3 atom stereocenters. The molecule has 0 saturated heterocycles. The second-order valence-electron chi connectivity index (χ2n) is 3.41. The van der Waals surface area contributed by atoms with E-state index in [9.17, 15) is 4.79 Å². The highest BCUT2D eigenvalue weighted by Gasteiger charge is 2.59. The molecule has 2 aliphatic rings. The predicted molar refractivity (Wildman–Crippen MR) is 45.9 cm³/mol. The molecular formula is C9H13NO3. The lowest BCUT2D eigenvalue weighted by Gasteiger charge is -2.52. The number of nitrogens with one attached hydrogen (secondary N) is 1. The Hall–Kier alpha value is -0.870. The molecule has 0 spiro atoms. The van der Waals surface area contributed by atoms with Gasteiger partial charge in [0.25, 0.3) is 0 Å². The first-order valence-electron chi connectivity index (χ1n) is 4.30. The van der Waals surface area contributed by atoms with Crippen LogP contribution < -0.4 is 5.32 Å². The molecule has 1 unspecified atom stereocenters. The molecule has 1 aliphatic heterocycles. The monoisotopic (exact) mass is 183 g/mol. The van der Waals surface area contributed by atoms with E-state index in [0.29, 0.717) is 0 Å². The van der Waals surface area contributed by atoms with Gasteiger partial charge in [0.05, 0.1) is 12.0 Å². The van der Waals surface area contributed by atoms with Crippen molar-refractivity contribution < 1.29 is 14.3 Å². The van der Waals surface area contributed by atoms with Crippen molar-refractivity contribution in [3.05, 3.63) is 12.3 Å². The summed E-state index contributed by atoms with van der Waals surface area (Å²) in [7, 11) is 3.25. The average Bonchev–Trinajstić information content (AvgIpc) is 2.10. The Morgan fingerprint density at radius 1 is 1.62 bits per heavy atom. The Morgan fingerprint density at radius 3 is 3.00 bits per heavy atom. The number of hydrogen-bond acceptors (Lipinski definition) is 3. The van der Waals surface area contributed by atoms with Gasteiger partial charge in [-0.2, -0.15) is 0 Å². The third-order valence-corrected chi connectivity index (χ3v) is 3.02. The molecule has 0 radical (unpaired) electrons. The molecule has 1 aliphatic carbocycles. The average molecular weight is 183 g/mol. The lowest BCUT2D eigenvalue weighted by molar-refractivity contribution is -0.197. The van der Waals surface area contributed by atoms with Crippen LogP contribution in [0.25, 0.3) is 0 Å². The second kappa shape index (κ2) is 2.82. The van der Waals surface area contributed by atoms with Crippen LogP contribution in [0, 0.1) is 5.92 Å². The van der Waals surface area contributed by atoms with Gasteiger partial charge in [0.1, 0.15) is 5.60 Å². The molecular weight excluding hydrogens is 170 g/mol. The molecule has 2 rings (SSSR count). The van der Waals surface area contributed by atoms with E-state index in [2.05, 4.69) is 5.32 Å². The second-order valence-corrected chi connectivity index (χ2v) is 3.41. The van der Waals surface area contributed by atoms with Crippen LogP contribution in [0.1, 0.15) is 6.42 Å². The van der Waals surface area contributed by atoms with Gasteiger partial charge in [0, 0.05) is 20.4 Å². The molecule has 13 heavy (non-hydrogen) atoms. The molecule has 4 heteroatoms. The standard InChI is InChI=1S/C9H13NO3/c1-12-7-5-6-8(11)10-4-3-9(6,7)13-2/h3-4,6-7H,5H2,1-2H3,(H,10,11)/t6-,7?,9-/m1/s1. The van der Waals surface area contributed by atoms with Gasteiger partial charge < -0.3 is 14.8 Å². The maximum Gasteiger partial charge on any atom is 0.230 e. The number of hydrogen-bond donors (Lipinski definition) is 1. The fourth-order valence-electron chi connectivity index (χ4n) is 2.16. The van der Waals surface area contributed by atoms with Gasteiger partial charge in [0.15, 0.2) is 0 Å². The van der Waals surface area contributed by atoms with Crippen molar-refractivity contribution in [2.45, 2.75) is 18.1 Å². The summed E-state index contributed by atoms with van der Waals surface area (Å²) in [6, 6.07) is 0. The zero-order chi connectivity index (χ0) is 9.47. The van der Waals surface area contributed by atoms with Crippen LogP contribution in [0.5, 0.6) is 0 Å². The third kappa shape index (κ3) is 0.957. The molecule has 4 nitrogen and oxygen atoms in total. The van der Waals surface area contributed by atoms with E-state index in [-0.39, 0.29) is 17.9 Å². The minimum absolute atomic E-state index is 0.00444. The molecule has 1 N–H and O–H groups in total. The normalized spacial score (nSPS) is 42.2. The Kier molecular flexibility index (Phi) is 1.89. The number of carbonyl (C=O) groups is 1. The zero-order valence-electron chi connectivity index (χ0n) is 7.74. The van der Waals surface area contributed by atoms with Crippen LogP contribution in [0.4, 0.5) is 0 Å². The van der Waals surface area contributed by atoms with Crippen molar-refractivity contribution in [3.63, 3.8) is 0 Å². The van der Waals surface area contributed by atoms with Crippen LogP contribution in [-0.4, -0.2) is 31.8 Å². The van der Waals surface area contributed by atoms with Gasteiger partial charge in [-0.3, -0.25) is 4.79 Å². The number of carbonyl (C=O) groups excluding carboxylic acids is 1. The van der Waals surface area contributed by atoms with E-state index >= 15 is 0 Å². The Balaban J connectivity index is 2.27. The summed E-state index contributed by atoms with van der Waals surface area (Å²) in [6.45, 7) is 0. The highest BCUT2D eigenvalue weighted by molar-refractivity contribution is 5.84. The molecule has 0 aromatic rings. The molecule has 1 saturated carbocycles. The summed E-state index contributed by atoms with van der Waals surface area (Å²) in [5.41, 5.74) is -0.517. The van der Waals surface area contributed by atoms with E-state index in [1.807, 2.05) is 6.08 Å². The number of ether oxygens (including phenoxy) is 2. The number of rotatable bonds is 2. The van der Waals surface area contributed by atoms with Gasteiger partial charge in [-0.15, -0.1) is 0 Å². The maximum atomic E-state index is 11.4. The van der Waals surface area contributed by atoms with Crippen LogP contribution in [0.2, 0.25) is 0 Å². The van der Waals surface area contributed by atoms with Crippen molar-refractivity contribution in [2.24, 2.45) is 5.92 Å². The van der Waals surface area contributed by atoms with Crippen LogP contribution in [-0.2, 0) is 14.3 Å². The summed E-state index contributed by atoms with van der Waals surface area (Å²) in [4.78, 5) is 11.4. The minimum atomic E-state index is -0.517. The summed E-state index contributed by atoms with van der Waals surface area (Å²) < 4.78 is 10.6. The lowest BCUT2D eigenvalue weighted by Crippen LogP contribution is -2.66. The van der Waals surface area contributed by atoms with E-state index in [1.54, 1.807) is 20.4 Å². The highest BCUT2D eigenvalue weighted by Crippen LogP contribution is 2.45. The van der Waals surface area contributed by atoms with E-state index in [4.69, 9.17) is 9.47 Å². The highest BCUT2D eigenvalue weighted by atomic mass is 16.5. The van der Waals surface area contributed by atoms with Crippen molar-refractivity contribution in [2.75, 3.05) is 14.2 Å². The Morgan fingerprint density at radius 2 is 2.38 bits per heavy atom. The molecule has 0 aromatic carbocycles. The van der Waals surface area contributed by atoms with Crippen molar-refractivity contribution in [1.82, 2.24) is 5.32 Å². The van der Waals surface area contributed by atoms with Crippen molar-refractivity contribution in [1.29, 1.82) is 0 Å². The van der Waals surface area contributed by atoms with Gasteiger partial charge in [-0.1, -0.05) is 0 Å². The summed E-state index contributed by atoms with van der Waals surface area (Å²) >= 11 is 0. The van der Waals surface area contributed by atoms with Crippen LogP contribution in [0.15, 0.2) is 12.3 Å². The molecule has 0 aromatic heterocycles. The van der Waals surface area contributed by atoms with Gasteiger partial charge in [0.2, 0.25) is 5.91 Å². The first kappa shape index (κ1) is 8.72. The van der Waals surface area contributed by atoms with E-state index < -0.39 is 5.60 Å². The van der Waals surface area contributed by atoms with Crippen molar-refractivity contribution in [3.8, 4) is 0 Å². The summed E-state index contributed by atoms with van der Waals surface area (Å²) in [5, 5.41) is 2.66. The number of amides is 1. The van der Waals surface area contributed by atoms with Gasteiger partial charge >= 0.3 is 0 Å². The largest absolute Gasteiger partial charge is 0.378 e. The summed E-state index contributed by atoms with van der Waals surface area (Å²) in [6.07, 6.45) is 4.25. The van der Waals surface area contributed by atoms with Gasteiger partial charge in [-0.05, 0) is 12.5 Å². The lowest BCUT2D eigenvalue weighted by atomic mass is 9.65. The van der Waals surface area contributed by atoms with Crippen LogP contribution in [0.3, 0.4) is 0 Å². The van der Waals surface area contributed by atoms with Gasteiger partial charge in [-0.25, -0.2) is 0 Å². The first-order chi connectivity index (χ1) is 6.24. The summed E-state index contributed by atoms with van der Waals surface area (Å²) in [5.74, 6) is -0.0647. The number of methoxy groups -OCH3 is 2. The first-order valence-corrected chi connectivity index (χ1v) is 4.30. The maximum absolute atomic E-state index is 11.4. The SMILES string of the molecule is COC1C[C@@H]2C(=O)NC=C[C@]12OC. The van der Waals surface area contributed by atoms with E-state index in [1.165, 1.54) is 0 Å². The quantitative estimate of drug-likeness (QED) is 0.658. The molecule has 1 heterocycles. The fraction of sp³-hybridized carbons (Fsp3) is 0.667. The van der Waals surface area contributed by atoms with Crippen LogP contribution >= 0.6 is 0 Å². The molecule has 0 bridgehead atoms. The molecule has 72 valence electrons. The topological polar surface area (TPSA) is 47.6 Å². The predicted octanol–water partition coefficient (Wildman–Crippen LogP) is 0.0500. The fourth-order valence-corrected chi connectivity index (χ4v) is 2.16. The number of fused-ring (bicyclic) bond motifs is 1. The minimum Gasteiger partial charge on any atom is -0.378 e. The smallest absolute Gasteiger partial charge is 0.230 e. The molecule has 1 amide bonds. The zero-order valence-corrected chi connectivity index (χ0v) is 7.74. The van der Waals surface area contributed by atoms with Crippen molar-refractivity contribution >= 4 is 5.91 Å². The molecule has 1 fully saturated rings. The van der Waals surface area contributed by atoms with E-state index in [0.717, 1.165) is 6.42 Å². The Bertz CT molecular complexity index is 264. The third-order valence-electron chi connectivity index (χ3n) is 3.02.